The molecule has 3 N–H and O–H groups in total. The van der Waals surface area contributed by atoms with Crippen LogP contribution in [-0.2, 0) is 22.6 Å². The first-order valence-corrected chi connectivity index (χ1v) is 7.81. The van der Waals surface area contributed by atoms with Gasteiger partial charge in [0.1, 0.15) is 5.75 Å². The molecule has 0 radical (unpaired) electrons. The number of ether oxygens (including phenoxy) is 1. The van der Waals surface area contributed by atoms with Crippen LogP contribution in [0, 0.1) is 0 Å². The van der Waals surface area contributed by atoms with Crippen molar-refractivity contribution in [2.45, 2.75) is 19.9 Å². The number of carboxylic acid groups (broad SMARTS) is 2. The van der Waals surface area contributed by atoms with Crippen molar-refractivity contribution in [1.29, 1.82) is 0 Å². The Hall–Kier alpha value is -3.35. The molecular formula is C19H19NO6. The van der Waals surface area contributed by atoms with Crippen LogP contribution in [0.3, 0.4) is 0 Å². The zero-order valence-electron chi connectivity index (χ0n) is 14.4. The monoisotopic (exact) mass is 357 g/mol. The predicted molar refractivity (Wildman–Crippen MR) is 94.2 cm³/mol. The normalized spacial score (nSPS) is 10.2. The predicted octanol–water partition coefficient (Wildman–Crippen LogP) is 2.32. The van der Waals surface area contributed by atoms with Gasteiger partial charge in [-0.1, -0.05) is 12.1 Å². The van der Waals surface area contributed by atoms with E-state index in [9.17, 15) is 19.5 Å². The fourth-order valence-corrected chi connectivity index (χ4v) is 2.61. The Morgan fingerprint density at radius 2 is 1.77 bits per heavy atom. The third-order valence-corrected chi connectivity index (χ3v) is 3.79. The van der Waals surface area contributed by atoms with E-state index < -0.39 is 11.9 Å². The van der Waals surface area contributed by atoms with Gasteiger partial charge in [0.15, 0.2) is 0 Å². The quantitative estimate of drug-likeness (QED) is 0.701. The van der Waals surface area contributed by atoms with Crippen LogP contribution in [0.1, 0.15) is 28.4 Å². The minimum atomic E-state index is -1.08. The Morgan fingerprint density at radius 3 is 2.35 bits per heavy atom. The molecule has 0 bridgehead atoms. The summed E-state index contributed by atoms with van der Waals surface area (Å²) in [7, 11) is 1.49. The van der Waals surface area contributed by atoms with Crippen molar-refractivity contribution in [3.63, 3.8) is 0 Å². The number of carbonyl (C=O) groups is 3. The average Bonchev–Trinajstić information content (AvgIpc) is 2.59. The van der Waals surface area contributed by atoms with Crippen LogP contribution in [0.2, 0.25) is 0 Å². The number of methoxy groups -OCH3 is 1. The third-order valence-electron chi connectivity index (χ3n) is 3.79. The molecule has 0 saturated heterocycles. The van der Waals surface area contributed by atoms with Gasteiger partial charge in [0.05, 0.1) is 19.1 Å². The number of hydrogen-bond acceptors (Lipinski definition) is 4. The third kappa shape index (κ3) is 4.60. The van der Waals surface area contributed by atoms with Crippen LogP contribution < -0.4 is 10.1 Å². The van der Waals surface area contributed by atoms with Crippen LogP contribution >= 0.6 is 0 Å². The SMILES string of the molecule is COc1ccc(CC(=O)O)cc1-c1ccc(C(=O)O)cc1CNC(C)=O. The number of hydrogen-bond donors (Lipinski definition) is 3. The van der Waals surface area contributed by atoms with Gasteiger partial charge in [0.25, 0.3) is 0 Å². The van der Waals surface area contributed by atoms with Crippen molar-refractivity contribution in [1.82, 2.24) is 5.32 Å². The van der Waals surface area contributed by atoms with E-state index in [-0.39, 0.29) is 24.4 Å². The second-order valence-electron chi connectivity index (χ2n) is 5.69. The van der Waals surface area contributed by atoms with E-state index in [0.717, 1.165) is 0 Å². The second kappa shape index (κ2) is 8.15. The van der Waals surface area contributed by atoms with E-state index in [1.807, 2.05) is 0 Å². The van der Waals surface area contributed by atoms with Gasteiger partial charge in [-0.3, -0.25) is 9.59 Å². The Bertz CT molecular complexity index is 859. The van der Waals surface area contributed by atoms with E-state index in [0.29, 0.717) is 28.0 Å². The van der Waals surface area contributed by atoms with Crippen molar-refractivity contribution in [2.24, 2.45) is 0 Å². The van der Waals surface area contributed by atoms with Gasteiger partial charge in [-0.2, -0.15) is 0 Å². The molecule has 0 spiro atoms. The maximum Gasteiger partial charge on any atom is 0.335 e. The molecule has 136 valence electrons. The van der Waals surface area contributed by atoms with Gasteiger partial charge >= 0.3 is 11.9 Å². The van der Waals surface area contributed by atoms with Crippen molar-refractivity contribution in [3.8, 4) is 16.9 Å². The Labute approximate surface area is 150 Å². The van der Waals surface area contributed by atoms with Crippen LogP contribution in [0.15, 0.2) is 36.4 Å². The smallest absolute Gasteiger partial charge is 0.335 e. The Morgan fingerprint density at radius 1 is 1.04 bits per heavy atom. The molecule has 0 aliphatic carbocycles. The minimum Gasteiger partial charge on any atom is -0.496 e. The number of aromatic carboxylic acids is 1. The summed E-state index contributed by atoms with van der Waals surface area (Å²) in [5.41, 5.74) is 2.55. The van der Waals surface area contributed by atoms with Crippen LogP contribution in [-0.4, -0.2) is 35.2 Å². The van der Waals surface area contributed by atoms with Gasteiger partial charge in [0.2, 0.25) is 5.91 Å². The molecule has 0 unspecified atom stereocenters. The summed E-state index contributed by atoms with van der Waals surface area (Å²) in [6, 6.07) is 9.59. The zero-order valence-corrected chi connectivity index (χ0v) is 14.4. The van der Waals surface area contributed by atoms with Crippen molar-refractivity contribution >= 4 is 17.8 Å². The first-order valence-electron chi connectivity index (χ1n) is 7.81. The molecule has 2 aromatic carbocycles. The van der Waals surface area contributed by atoms with Gasteiger partial charge in [0, 0.05) is 19.0 Å². The lowest BCUT2D eigenvalue weighted by Crippen LogP contribution is -2.19. The minimum absolute atomic E-state index is 0.0924. The highest BCUT2D eigenvalue weighted by atomic mass is 16.5. The molecule has 0 aromatic heterocycles. The number of carbonyl (C=O) groups excluding carboxylic acids is 1. The summed E-state index contributed by atoms with van der Waals surface area (Å²) in [6.45, 7) is 1.51. The summed E-state index contributed by atoms with van der Waals surface area (Å²) in [5, 5.41) is 20.9. The molecule has 7 nitrogen and oxygen atoms in total. The van der Waals surface area contributed by atoms with Crippen molar-refractivity contribution < 1.29 is 29.3 Å². The summed E-state index contributed by atoms with van der Waals surface area (Å²) < 4.78 is 5.37. The molecular weight excluding hydrogens is 338 g/mol. The highest BCUT2D eigenvalue weighted by molar-refractivity contribution is 5.89. The Kier molecular flexibility index (Phi) is 5.95. The van der Waals surface area contributed by atoms with Crippen LogP contribution in [0.5, 0.6) is 5.75 Å². The van der Waals surface area contributed by atoms with E-state index in [1.165, 1.54) is 26.2 Å². The maximum atomic E-state index is 11.3. The average molecular weight is 357 g/mol. The number of amides is 1. The van der Waals surface area contributed by atoms with Crippen molar-refractivity contribution in [2.75, 3.05) is 7.11 Å². The fourth-order valence-electron chi connectivity index (χ4n) is 2.61. The van der Waals surface area contributed by atoms with Crippen LogP contribution in [0.25, 0.3) is 11.1 Å². The lowest BCUT2D eigenvalue weighted by molar-refractivity contribution is -0.136. The van der Waals surface area contributed by atoms with Gasteiger partial charge < -0.3 is 20.3 Å². The fraction of sp³-hybridized carbons (Fsp3) is 0.211. The van der Waals surface area contributed by atoms with E-state index in [2.05, 4.69) is 5.32 Å². The molecule has 2 aromatic rings. The molecule has 0 atom stereocenters. The molecule has 0 aliphatic heterocycles. The highest BCUT2D eigenvalue weighted by Gasteiger charge is 2.15. The summed E-state index contributed by atoms with van der Waals surface area (Å²) >= 11 is 0. The molecule has 0 aliphatic rings. The number of nitrogens with one attached hydrogen (secondary N) is 1. The molecule has 26 heavy (non-hydrogen) atoms. The molecule has 7 heteroatoms. The first-order chi connectivity index (χ1) is 12.3. The van der Waals surface area contributed by atoms with Gasteiger partial charge in [-0.25, -0.2) is 4.79 Å². The molecule has 1 amide bonds. The zero-order chi connectivity index (χ0) is 19.3. The number of carboxylic acids is 2. The molecule has 0 saturated carbocycles. The molecule has 0 heterocycles. The lowest BCUT2D eigenvalue weighted by Gasteiger charge is -2.15. The second-order valence-corrected chi connectivity index (χ2v) is 5.69. The molecule has 0 fully saturated rings. The van der Waals surface area contributed by atoms with Gasteiger partial charge in [-0.15, -0.1) is 0 Å². The topological polar surface area (TPSA) is 113 Å². The van der Waals surface area contributed by atoms with Crippen molar-refractivity contribution in [3.05, 3.63) is 53.1 Å². The Balaban J connectivity index is 2.59. The maximum absolute atomic E-state index is 11.3. The number of benzene rings is 2. The molecule has 2 rings (SSSR count). The summed E-state index contributed by atoms with van der Waals surface area (Å²) in [5.74, 6) is -1.76. The van der Waals surface area contributed by atoms with Crippen LogP contribution in [0.4, 0.5) is 0 Å². The lowest BCUT2D eigenvalue weighted by atomic mass is 9.94. The standard InChI is InChI=1S/C19H19NO6/c1-11(21)20-10-14-9-13(19(24)25)4-5-15(14)16-7-12(8-18(22)23)3-6-17(16)26-2/h3-7,9H,8,10H2,1-2H3,(H,20,21)(H,22,23)(H,24,25). The van der Waals surface area contributed by atoms with E-state index in [4.69, 9.17) is 9.84 Å². The largest absolute Gasteiger partial charge is 0.496 e. The van der Waals surface area contributed by atoms with Gasteiger partial charge in [-0.05, 0) is 41.0 Å². The summed E-state index contributed by atoms with van der Waals surface area (Å²) in [6.07, 6.45) is -0.148. The number of aliphatic carboxylic acids is 1. The van der Waals surface area contributed by atoms with E-state index in [1.54, 1.807) is 24.3 Å². The summed E-state index contributed by atoms with van der Waals surface area (Å²) in [4.78, 5) is 33.5. The first kappa shape index (κ1) is 19.0. The highest BCUT2D eigenvalue weighted by Crippen LogP contribution is 2.34. The number of rotatable bonds is 7. The van der Waals surface area contributed by atoms with E-state index >= 15 is 0 Å².